The lowest BCUT2D eigenvalue weighted by molar-refractivity contribution is -0.173. The monoisotopic (exact) mass is 227 g/mol. The number of thioether (sulfide) groups is 1. The van der Waals surface area contributed by atoms with Crippen LogP contribution in [0.1, 0.15) is 12.8 Å². The Balaban J connectivity index is 2.22. The van der Waals surface area contributed by atoms with Crippen molar-refractivity contribution in [2.45, 2.75) is 19.0 Å². The smallest absolute Gasteiger partial charge is 0.348 e. The highest BCUT2D eigenvalue weighted by Crippen LogP contribution is 2.22. The van der Waals surface area contributed by atoms with Crippen molar-refractivity contribution in [2.75, 3.05) is 18.1 Å². The summed E-state index contributed by atoms with van der Waals surface area (Å²) >= 11 is 1.80. The minimum absolute atomic E-state index is 0.152. The Morgan fingerprint density at radius 2 is 1.93 bits per heavy atom. The molecule has 1 saturated heterocycles. The Morgan fingerprint density at radius 1 is 1.36 bits per heavy atom. The third kappa shape index (κ3) is 3.77. The maximum absolute atomic E-state index is 11.8. The van der Waals surface area contributed by atoms with Gasteiger partial charge in [-0.05, 0) is 30.3 Å². The van der Waals surface area contributed by atoms with Crippen LogP contribution >= 0.6 is 11.8 Å². The molecule has 1 amide bonds. The Morgan fingerprint density at radius 3 is 2.43 bits per heavy atom. The lowest BCUT2D eigenvalue weighted by Gasteiger charge is -2.21. The Bertz CT molecular complexity index is 201. The molecule has 1 aliphatic rings. The maximum atomic E-state index is 11.8. The van der Waals surface area contributed by atoms with Gasteiger partial charge in [-0.15, -0.1) is 0 Å². The van der Waals surface area contributed by atoms with Crippen molar-refractivity contribution in [1.82, 2.24) is 5.32 Å². The number of hydrogen-bond acceptors (Lipinski definition) is 2. The topological polar surface area (TPSA) is 29.1 Å². The van der Waals surface area contributed by atoms with E-state index in [4.69, 9.17) is 0 Å². The average molecular weight is 227 g/mol. The molecule has 0 aromatic carbocycles. The van der Waals surface area contributed by atoms with Crippen LogP contribution in [-0.4, -0.2) is 30.1 Å². The standard InChI is InChI=1S/C8H12F3NOS/c9-8(10,11)7(13)12-5-6-1-3-14-4-2-6/h6H,1-5H2,(H,12,13). The summed E-state index contributed by atoms with van der Waals surface area (Å²) in [5.41, 5.74) is 0. The largest absolute Gasteiger partial charge is 0.471 e. The third-order valence-electron chi connectivity index (χ3n) is 2.15. The van der Waals surface area contributed by atoms with Gasteiger partial charge in [-0.25, -0.2) is 0 Å². The zero-order valence-corrected chi connectivity index (χ0v) is 8.38. The molecule has 0 aromatic heterocycles. The minimum atomic E-state index is -4.75. The molecule has 82 valence electrons. The van der Waals surface area contributed by atoms with Crippen molar-refractivity contribution in [3.63, 3.8) is 0 Å². The van der Waals surface area contributed by atoms with E-state index >= 15 is 0 Å². The van der Waals surface area contributed by atoms with Crippen LogP contribution in [0.5, 0.6) is 0 Å². The first-order valence-corrected chi connectivity index (χ1v) is 5.58. The second-order valence-corrected chi connectivity index (χ2v) is 4.49. The SMILES string of the molecule is O=C(NCC1CCSCC1)C(F)(F)F. The van der Waals surface area contributed by atoms with Gasteiger partial charge in [-0.3, -0.25) is 4.79 Å². The molecular weight excluding hydrogens is 215 g/mol. The van der Waals surface area contributed by atoms with Gasteiger partial charge in [0.1, 0.15) is 0 Å². The second-order valence-electron chi connectivity index (χ2n) is 3.26. The number of hydrogen-bond donors (Lipinski definition) is 1. The van der Waals surface area contributed by atoms with Gasteiger partial charge in [0.2, 0.25) is 0 Å². The van der Waals surface area contributed by atoms with E-state index in [1.54, 1.807) is 11.8 Å². The van der Waals surface area contributed by atoms with E-state index in [9.17, 15) is 18.0 Å². The number of nitrogens with one attached hydrogen (secondary N) is 1. The number of carbonyl (C=O) groups is 1. The fourth-order valence-corrected chi connectivity index (χ4v) is 2.49. The maximum Gasteiger partial charge on any atom is 0.471 e. The quantitative estimate of drug-likeness (QED) is 0.779. The predicted octanol–water partition coefficient (Wildman–Crippen LogP) is 1.81. The summed E-state index contributed by atoms with van der Waals surface area (Å²) in [5.74, 6) is 0.345. The van der Waals surface area contributed by atoms with Crippen LogP contribution < -0.4 is 5.32 Å². The molecule has 0 radical (unpaired) electrons. The lowest BCUT2D eigenvalue weighted by Crippen LogP contribution is -2.39. The van der Waals surface area contributed by atoms with E-state index in [1.807, 2.05) is 5.32 Å². The Kier molecular flexibility index (Phi) is 4.10. The van der Waals surface area contributed by atoms with Gasteiger partial charge in [0.15, 0.2) is 0 Å². The lowest BCUT2D eigenvalue weighted by atomic mass is 10.0. The van der Waals surface area contributed by atoms with Crippen LogP contribution in [-0.2, 0) is 4.79 Å². The van der Waals surface area contributed by atoms with Gasteiger partial charge >= 0.3 is 12.1 Å². The van der Waals surface area contributed by atoms with E-state index in [1.165, 1.54) is 0 Å². The summed E-state index contributed by atoms with van der Waals surface area (Å²) in [7, 11) is 0. The van der Waals surface area contributed by atoms with Gasteiger partial charge in [0.25, 0.3) is 0 Å². The van der Waals surface area contributed by atoms with Gasteiger partial charge in [0.05, 0.1) is 0 Å². The first-order chi connectivity index (χ1) is 6.50. The van der Waals surface area contributed by atoms with E-state index in [0.717, 1.165) is 24.3 Å². The van der Waals surface area contributed by atoms with Crippen LogP contribution in [0.3, 0.4) is 0 Å². The van der Waals surface area contributed by atoms with Gasteiger partial charge in [0, 0.05) is 6.54 Å². The summed E-state index contributed by atoms with van der Waals surface area (Å²) in [4.78, 5) is 10.5. The molecule has 0 atom stereocenters. The molecule has 6 heteroatoms. The van der Waals surface area contributed by atoms with Crippen LogP contribution in [0.2, 0.25) is 0 Å². The highest BCUT2D eigenvalue weighted by molar-refractivity contribution is 7.99. The summed E-state index contributed by atoms with van der Waals surface area (Å²) in [6.07, 6.45) is -2.96. The van der Waals surface area contributed by atoms with Crippen molar-refractivity contribution in [1.29, 1.82) is 0 Å². The average Bonchev–Trinajstić information content (AvgIpc) is 2.14. The van der Waals surface area contributed by atoms with Crippen molar-refractivity contribution in [2.24, 2.45) is 5.92 Å². The first kappa shape index (κ1) is 11.7. The third-order valence-corrected chi connectivity index (χ3v) is 3.20. The summed E-state index contributed by atoms with van der Waals surface area (Å²) in [5, 5.41) is 1.92. The van der Waals surface area contributed by atoms with Gasteiger partial charge in [-0.1, -0.05) is 0 Å². The van der Waals surface area contributed by atoms with Crippen LogP contribution in [0.4, 0.5) is 13.2 Å². The molecule has 0 aliphatic carbocycles. The molecule has 0 aromatic rings. The molecule has 0 unspecified atom stereocenters. The number of carbonyl (C=O) groups excluding carboxylic acids is 1. The zero-order valence-electron chi connectivity index (χ0n) is 7.56. The van der Waals surface area contributed by atoms with Crippen molar-refractivity contribution < 1.29 is 18.0 Å². The van der Waals surface area contributed by atoms with Crippen LogP contribution in [0.15, 0.2) is 0 Å². The molecule has 14 heavy (non-hydrogen) atoms. The van der Waals surface area contributed by atoms with Gasteiger partial charge < -0.3 is 5.32 Å². The Hall–Kier alpha value is -0.390. The molecule has 1 rings (SSSR count). The zero-order chi connectivity index (χ0) is 10.6. The van der Waals surface area contributed by atoms with Gasteiger partial charge in [-0.2, -0.15) is 24.9 Å². The van der Waals surface area contributed by atoms with Crippen molar-refractivity contribution in [3.05, 3.63) is 0 Å². The number of halogens is 3. The molecule has 1 aliphatic heterocycles. The van der Waals surface area contributed by atoms with Crippen molar-refractivity contribution in [3.8, 4) is 0 Å². The molecular formula is C8H12F3NOS. The first-order valence-electron chi connectivity index (χ1n) is 4.43. The number of amides is 1. The molecule has 1 heterocycles. The fraction of sp³-hybridized carbons (Fsp3) is 0.875. The Labute approximate surface area is 84.6 Å². The van der Waals surface area contributed by atoms with E-state index < -0.39 is 12.1 Å². The highest BCUT2D eigenvalue weighted by atomic mass is 32.2. The highest BCUT2D eigenvalue weighted by Gasteiger charge is 2.38. The van der Waals surface area contributed by atoms with Crippen LogP contribution in [0.25, 0.3) is 0 Å². The fourth-order valence-electron chi connectivity index (χ4n) is 1.29. The van der Waals surface area contributed by atoms with Crippen molar-refractivity contribution >= 4 is 17.7 Å². The van der Waals surface area contributed by atoms with E-state index in [-0.39, 0.29) is 12.5 Å². The van der Waals surface area contributed by atoms with E-state index in [2.05, 4.69) is 0 Å². The van der Waals surface area contributed by atoms with E-state index in [0.29, 0.717) is 0 Å². The minimum Gasteiger partial charge on any atom is -0.348 e. The molecule has 0 bridgehead atoms. The summed E-state index contributed by atoms with van der Waals surface area (Å²) in [6, 6.07) is 0. The number of alkyl halides is 3. The number of rotatable bonds is 2. The molecule has 2 nitrogen and oxygen atoms in total. The van der Waals surface area contributed by atoms with Crippen LogP contribution in [0, 0.1) is 5.92 Å². The second kappa shape index (κ2) is 4.91. The predicted molar refractivity (Wildman–Crippen MR) is 49.1 cm³/mol. The summed E-state index contributed by atoms with van der Waals surface area (Å²) in [6.45, 7) is 0.152. The molecule has 0 saturated carbocycles. The summed E-state index contributed by atoms with van der Waals surface area (Å²) < 4.78 is 35.4. The molecule has 1 N–H and O–H groups in total. The normalized spacial score (nSPS) is 19.4. The molecule has 0 spiro atoms. The molecule has 1 fully saturated rings.